The Morgan fingerprint density at radius 1 is 1.22 bits per heavy atom. The van der Waals surface area contributed by atoms with Crippen molar-refractivity contribution < 1.29 is 4.74 Å². The SMILES string of the molecule is O=c1[nH]cnc2ccc(N3CCOC(C4CCCCC4)C3)nc12. The number of hydrogen-bond acceptors (Lipinski definition) is 5. The van der Waals surface area contributed by atoms with Gasteiger partial charge in [0.05, 0.1) is 24.6 Å². The van der Waals surface area contributed by atoms with Gasteiger partial charge in [-0.05, 0) is 30.9 Å². The van der Waals surface area contributed by atoms with E-state index in [4.69, 9.17) is 4.74 Å². The molecular formula is C17H22N4O2. The Morgan fingerprint density at radius 3 is 2.96 bits per heavy atom. The molecule has 1 atom stereocenters. The van der Waals surface area contributed by atoms with E-state index in [0.29, 0.717) is 17.0 Å². The first-order chi connectivity index (χ1) is 11.3. The highest BCUT2D eigenvalue weighted by atomic mass is 16.5. The molecule has 2 fully saturated rings. The van der Waals surface area contributed by atoms with E-state index in [-0.39, 0.29) is 11.7 Å². The van der Waals surface area contributed by atoms with Gasteiger partial charge in [-0.25, -0.2) is 9.97 Å². The zero-order valence-corrected chi connectivity index (χ0v) is 13.2. The fourth-order valence-electron chi connectivity index (χ4n) is 3.79. The maximum Gasteiger partial charge on any atom is 0.277 e. The summed E-state index contributed by atoms with van der Waals surface area (Å²) in [5, 5.41) is 0. The van der Waals surface area contributed by atoms with Crippen LogP contribution in [0, 0.1) is 5.92 Å². The zero-order valence-electron chi connectivity index (χ0n) is 13.2. The molecule has 122 valence electrons. The highest BCUT2D eigenvalue weighted by Gasteiger charge is 2.29. The summed E-state index contributed by atoms with van der Waals surface area (Å²) >= 11 is 0. The number of fused-ring (bicyclic) bond motifs is 1. The molecule has 0 spiro atoms. The number of rotatable bonds is 2. The topological polar surface area (TPSA) is 71.1 Å². The monoisotopic (exact) mass is 314 g/mol. The normalized spacial score (nSPS) is 23.3. The second-order valence-electron chi connectivity index (χ2n) is 6.52. The van der Waals surface area contributed by atoms with E-state index in [1.54, 1.807) is 0 Å². The Morgan fingerprint density at radius 2 is 2.09 bits per heavy atom. The summed E-state index contributed by atoms with van der Waals surface area (Å²) in [5.41, 5.74) is 0.856. The molecule has 0 bridgehead atoms. The lowest BCUT2D eigenvalue weighted by Crippen LogP contribution is -2.46. The van der Waals surface area contributed by atoms with Crippen molar-refractivity contribution in [3.8, 4) is 0 Å². The molecule has 2 aromatic rings. The molecule has 4 rings (SSSR count). The van der Waals surface area contributed by atoms with E-state index in [1.807, 2.05) is 12.1 Å². The molecule has 3 heterocycles. The van der Waals surface area contributed by atoms with E-state index >= 15 is 0 Å². The molecule has 2 aromatic heterocycles. The van der Waals surface area contributed by atoms with Crippen molar-refractivity contribution in [1.29, 1.82) is 0 Å². The molecule has 23 heavy (non-hydrogen) atoms. The molecule has 1 saturated heterocycles. The molecule has 1 aliphatic carbocycles. The van der Waals surface area contributed by atoms with Crippen molar-refractivity contribution in [2.24, 2.45) is 5.92 Å². The summed E-state index contributed by atoms with van der Waals surface area (Å²) in [4.78, 5) is 25.5. The number of pyridine rings is 1. The molecule has 0 aromatic carbocycles. The van der Waals surface area contributed by atoms with Gasteiger partial charge in [-0.3, -0.25) is 4.79 Å². The summed E-state index contributed by atoms with van der Waals surface area (Å²) < 4.78 is 6.03. The number of anilines is 1. The summed E-state index contributed by atoms with van der Waals surface area (Å²) in [6, 6.07) is 3.83. The van der Waals surface area contributed by atoms with Crippen LogP contribution in [0.15, 0.2) is 23.3 Å². The first-order valence-electron chi connectivity index (χ1n) is 8.52. The summed E-state index contributed by atoms with van der Waals surface area (Å²) in [6.07, 6.45) is 8.24. The van der Waals surface area contributed by atoms with Crippen LogP contribution >= 0.6 is 0 Å². The van der Waals surface area contributed by atoms with Gasteiger partial charge in [-0.15, -0.1) is 0 Å². The van der Waals surface area contributed by atoms with Crippen LogP contribution in [0.5, 0.6) is 0 Å². The number of hydrogen-bond donors (Lipinski definition) is 1. The molecule has 0 radical (unpaired) electrons. The van der Waals surface area contributed by atoms with Crippen LogP contribution in [0.1, 0.15) is 32.1 Å². The smallest absolute Gasteiger partial charge is 0.277 e. The van der Waals surface area contributed by atoms with Crippen molar-refractivity contribution in [1.82, 2.24) is 15.0 Å². The third kappa shape index (κ3) is 2.95. The predicted molar refractivity (Wildman–Crippen MR) is 88.7 cm³/mol. The van der Waals surface area contributed by atoms with Crippen LogP contribution in [0.4, 0.5) is 5.82 Å². The number of nitrogens with zero attached hydrogens (tertiary/aromatic N) is 3. The van der Waals surface area contributed by atoms with Crippen molar-refractivity contribution in [3.05, 3.63) is 28.8 Å². The maximum absolute atomic E-state index is 11.9. The van der Waals surface area contributed by atoms with Gasteiger partial charge in [0.25, 0.3) is 5.56 Å². The first kappa shape index (κ1) is 14.6. The van der Waals surface area contributed by atoms with Crippen molar-refractivity contribution in [2.75, 3.05) is 24.6 Å². The van der Waals surface area contributed by atoms with Crippen LogP contribution in [0.25, 0.3) is 11.0 Å². The maximum atomic E-state index is 11.9. The minimum absolute atomic E-state index is 0.186. The van der Waals surface area contributed by atoms with E-state index in [0.717, 1.165) is 25.5 Å². The van der Waals surface area contributed by atoms with Gasteiger partial charge in [0.15, 0.2) is 5.52 Å². The Labute approximate surface area is 134 Å². The molecule has 0 amide bonds. The fraction of sp³-hybridized carbons (Fsp3) is 0.588. The van der Waals surface area contributed by atoms with Crippen LogP contribution in [0.2, 0.25) is 0 Å². The average molecular weight is 314 g/mol. The third-order valence-electron chi connectivity index (χ3n) is 5.07. The summed E-state index contributed by atoms with van der Waals surface area (Å²) in [7, 11) is 0. The minimum atomic E-state index is -0.186. The third-order valence-corrected chi connectivity index (χ3v) is 5.07. The van der Waals surface area contributed by atoms with Crippen LogP contribution < -0.4 is 10.5 Å². The molecule has 1 unspecified atom stereocenters. The molecule has 6 nitrogen and oxygen atoms in total. The molecule has 1 N–H and O–H groups in total. The number of aromatic nitrogens is 3. The largest absolute Gasteiger partial charge is 0.374 e. The van der Waals surface area contributed by atoms with Crippen molar-refractivity contribution >= 4 is 16.9 Å². The Bertz CT molecular complexity index is 739. The molecule has 1 saturated carbocycles. The summed E-state index contributed by atoms with van der Waals surface area (Å²) in [5.74, 6) is 1.51. The van der Waals surface area contributed by atoms with E-state index in [9.17, 15) is 4.79 Å². The van der Waals surface area contributed by atoms with Gasteiger partial charge in [-0.2, -0.15) is 0 Å². The molecule has 6 heteroatoms. The van der Waals surface area contributed by atoms with E-state index in [1.165, 1.54) is 38.4 Å². The fourth-order valence-corrected chi connectivity index (χ4v) is 3.79. The number of H-pyrrole nitrogens is 1. The number of ether oxygens (including phenoxy) is 1. The lowest BCUT2D eigenvalue weighted by molar-refractivity contribution is -0.00936. The van der Waals surface area contributed by atoms with Gasteiger partial charge in [-0.1, -0.05) is 19.3 Å². The lowest BCUT2D eigenvalue weighted by Gasteiger charge is -2.39. The van der Waals surface area contributed by atoms with E-state index in [2.05, 4.69) is 19.9 Å². The Balaban J connectivity index is 1.57. The zero-order chi connectivity index (χ0) is 15.6. The average Bonchev–Trinajstić information content (AvgIpc) is 2.63. The first-order valence-corrected chi connectivity index (χ1v) is 8.52. The van der Waals surface area contributed by atoms with Gasteiger partial charge in [0.2, 0.25) is 0 Å². The van der Waals surface area contributed by atoms with Crippen molar-refractivity contribution in [2.45, 2.75) is 38.2 Å². The van der Waals surface area contributed by atoms with Crippen molar-refractivity contribution in [3.63, 3.8) is 0 Å². The number of morpholine rings is 1. The standard InChI is InChI=1S/C17H22N4O2/c22-17-16-13(18-11-19-17)6-7-15(20-16)21-8-9-23-14(10-21)12-4-2-1-3-5-12/h6-7,11-12,14H,1-5,8-10H2,(H,18,19,22). The second-order valence-corrected chi connectivity index (χ2v) is 6.52. The molecular weight excluding hydrogens is 292 g/mol. The van der Waals surface area contributed by atoms with Crippen LogP contribution in [-0.2, 0) is 4.74 Å². The second kappa shape index (κ2) is 6.28. The lowest BCUT2D eigenvalue weighted by atomic mass is 9.84. The van der Waals surface area contributed by atoms with Crippen LogP contribution in [-0.4, -0.2) is 40.8 Å². The molecule has 1 aliphatic heterocycles. The predicted octanol–water partition coefficient (Wildman–Crippen LogP) is 2.10. The number of nitrogens with one attached hydrogen (secondary N) is 1. The minimum Gasteiger partial charge on any atom is -0.374 e. The Hall–Kier alpha value is -1.95. The van der Waals surface area contributed by atoms with Gasteiger partial charge in [0, 0.05) is 13.1 Å². The van der Waals surface area contributed by atoms with Gasteiger partial charge in [0.1, 0.15) is 5.82 Å². The van der Waals surface area contributed by atoms with Crippen LogP contribution in [0.3, 0.4) is 0 Å². The van der Waals surface area contributed by atoms with Gasteiger partial charge >= 0.3 is 0 Å². The molecule has 2 aliphatic rings. The summed E-state index contributed by atoms with van der Waals surface area (Å²) in [6.45, 7) is 2.41. The highest BCUT2D eigenvalue weighted by molar-refractivity contribution is 5.74. The Kier molecular flexibility index (Phi) is 3.99. The highest BCUT2D eigenvalue weighted by Crippen LogP contribution is 2.30. The van der Waals surface area contributed by atoms with E-state index < -0.39 is 0 Å². The quantitative estimate of drug-likeness (QED) is 0.919. The van der Waals surface area contributed by atoms with Gasteiger partial charge < -0.3 is 14.6 Å². The number of aromatic amines is 1.